The molecule has 3 aromatic rings. The lowest BCUT2D eigenvalue weighted by molar-refractivity contribution is -0.392. The fourth-order valence-electron chi connectivity index (χ4n) is 4.17. The van der Waals surface area contributed by atoms with Gasteiger partial charge in [0.05, 0.1) is 19.9 Å². The lowest BCUT2D eigenvalue weighted by atomic mass is 9.83. The van der Waals surface area contributed by atoms with Gasteiger partial charge in [-0.2, -0.15) is 5.10 Å². The molecule has 2 aliphatic rings. The number of methoxy groups -OCH3 is 1. The van der Waals surface area contributed by atoms with E-state index < -0.39 is 0 Å². The lowest BCUT2D eigenvalue weighted by Crippen LogP contribution is -2.45. The van der Waals surface area contributed by atoms with Crippen LogP contribution in [0.15, 0.2) is 36.7 Å². The summed E-state index contributed by atoms with van der Waals surface area (Å²) >= 11 is 0. The van der Waals surface area contributed by atoms with Gasteiger partial charge in [-0.3, -0.25) is 0 Å². The summed E-state index contributed by atoms with van der Waals surface area (Å²) in [5, 5.41) is 5.78. The average Bonchev–Trinajstić information content (AvgIpc) is 3.09. The third-order valence-corrected chi connectivity index (χ3v) is 5.64. The van der Waals surface area contributed by atoms with Gasteiger partial charge in [0.1, 0.15) is 5.75 Å². The van der Waals surface area contributed by atoms with Crippen molar-refractivity contribution < 1.29 is 14.2 Å². The SMILES string of the molecule is COc1ccc(Cn2ncc3c4c(cnc32)CC(C2OC(C)O2)CC4)cc1. The summed E-state index contributed by atoms with van der Waals surface area (Å²) in [5.74, 6) is 1.28. The van der Waals surface area contributed by atoms with Gasteiger partial charge in [0.25, 0.3) is 0 Å². The van der Waals surface area contributed by atoms with Crippen molar-refractivity contribution in [1.29, 1.82) is 0 Å². The maximum Gasteiger partial charge on any atom is 0.166 e. The van der Waals surface area contributed by atoms with E-state index >= 15 is 0 Å². The standard InChI is InChI=1S/C21H23N3O3/c1-13-26-21(27-13)15-5-8-18-16(9-15)10-22-20-19(18)11-23-24(20)12-14-3-6-17(25-2)7-4-14/h3-4,6-7,10-11,13,15,21H,5,8-9,12H2,1-2H3. The fourth-order valence-corrected chi connectivity index (χ4v) is 4.17. The minimum absolute atomic E-state index is 0.0540. The van der Waals surface area contributed by atoms with Crippen LogP contribution in [-0.4, -0.2) is 34.5 Å². The van der Waals surface area contributed by atoms with Crippen molar-refractivity contribution in [3.63, 3.8) is 0 Å². The molecule has 5 rings (SSSR count). The molecule has 1 fully saturated rings. The lowest BCUT2D eigenvalue weighted by Gasteiger charge is -2.40. The number of aryl methyl sites for hydroxylation is 1. The second kappa shape index (κ2) is 6.62. The van der Waals surface area contributed by atoms with Crippen LogP contribution < -0.4 is 4.74 Å². The number of fused-ring (bicyclic) bond motifs is 3. The molecule has 1 aliphatic carbocycles. The van der Waals surface area contributed by atoms with Crippen molar-refractivity contribution in [2.24, 2.45) is 5.92 Å². The van der Waals surface area contributed by atoms with Crippen molar-refractivity contribution in [3.8, 4) is 5.75 Å². The predicted molar refractivity (Wildman–Crippen MR) is 101 cm³/mol. The van der Waals surface area contributed by atoms with Crippen molar-refractivity contribution >= 4 is 11.0 Å². The van der Waals surface area contributed by atoms with Crippen LogP contribution in [0.4, 0.5) is 0 Å². The van der Waals surface area contributed by atoms with E-state index in [9.17, 15) is 0 Å². The van der Waals surface area contributed by atoms with Crippen LogP contribution in [0.3, 0.4) is 0 Å². The quantitative estimate of drug-likeness (QED) is 0.710. The molecule has 27 heavy (non-hydrogen) atoms. The largest absolute Gasteiger partial charge is 0.497 e. The van der Waals surface area contributed by atoms with Crippen molar-refractivity contribution in [1.82, 2.24) is 14.8 Å². The van der Waals surface area contributed by atoms with E-state index in [1.807, 2.05) is 36.1 Å². The van der Waals surface area contributed by atoms with Crippen molar-refractivity contribution in [2.75, 3.05) is 7.11 Å². The maximum atomic E-state index is 5.70. The highest BCUT2D eigenvalue weighted by atomic mass is 16.9. The van der Waals surface area contributed by atoms with Gasteiger partial charge < -0.3 is 14.2 Å². The van der Waals surface area contributed by atoms with Crippen LogP contribution in [0.5, 0.6) is 5.75 Å². The minimum atomic E-state index is -0.0619. The Morgan fingerprint density at radius 1 is 1.19 bits per heavy atom. The van der Waals surface area contributed by atoms with E-state index in [1.165, 1.54) is 22.1 Å². The first-order chi connectivity index (χ1) is 13.2. The summed E-state index contributed by atoms with van der Waals surface area (Å²) < 4.78 is 18.6. The van der Waals surface area contributed by atoms with Gasteiger partial charge in [-0.1, -0.05) is 12.1 Å². The average molecular weight is 365 g/mol. The van der Waals surface area contributed by atoms with Crippen molar-refractivity contribution in [3.05, 3.63) is 53.3 Å². The molecule has 0 bridgehead atoms. The zero-order valence-electron chi connectivity index (χ0n) is 15.6. The Hall–Kier alpha value is -2.44. The fraction of sp³-hybridized carbons (Fsp3) is 0.429. The second-order valence-corrected chi connectivity index (χ2v) is 7.36. The second-order valence-electron chi connectivity index (χ2n) is 7.36. The zero-order chi connectivity index (χ0) is 18.4. The topological polar surface area (TPSA) is 58.4 Å². The highest BCUT2D eigenvalue weighted by molar-refractivity contribution is 5.80. The van der Waals surface area contributed by atoms with E-state index in [4.69, 9.17) is 19.2 Å². The molecular formula is C21H23N3O3. The third kappa shape index (κ3) is 2.99. The van der Waals surface area contributed by atoms with Crippen LogP contribution in [0.1, 0.15) is 30.0 Å². The van der Waals surface area contributed by atoms with Crippen LogP contribution in [0.25, 0.3) is 11.0 Å². The Balaban J connectivity index is 1.39. The highest BCUT2D eigenvalue weighted by Crippen LogP contribution is 2.36. The molecule has 0 amide bonds. The Labute approximate surface area is 158 Å². The molecule has 6 nitrogen and oxygen atoms in total. The first-order valence-electron chi connectivity index (χ1n) is 9.47. The Morgan fingerprint density at radius 3 is 2.74 bits per heavy atom. The van der Waals surface area contributed by atoms with E-state index in [-0.39, 0.29) is 12.6 Å². The normalized spacial score (nSPS) is 24.4. The molecule has 6 heteroatoms. The molecule has 1 saturated heterocycles. The Morgan fingerprint density at radius 2 is 2.00 bits per heavy atom. The number of ether oxygens (including phenoxy) is 3. The third-order valence-electron chi connectivity index (χ3n) is 5.64. The molecule has 0 spiro atoms. The number of hydrogen-bond donors (Lipinski definition) is 0. The van der Waals surface area contributed by atoms with Gasteiger partial charge in [-0.25, -0.2) is 9.67 Å². The number of pyridine rings is 1. The predicted octanol–water partition coefficient (Wildman–Crippen LogP) is 3.31. The number of nitrogens with zero attached hydrogens (tertiary/aromatic N) is 3. The number of hydrogen-bond acceptors (Lipinski definition) is 5. The number of rotatable bonds is 4. The van der Waals surface area contributed by atoms with Crippen LogP contribution in [0.2, 0.25) is 0 Å². The molecule has 1 atom stereocenters. The van der Waals surface area contributed by atoms with E-state index in [1.54, 1.807) is 7.11 Å². The Kier molecular flexibility index (Phi) is 4.10. The van der Waals surface area contributed by atoms with Gasteiger partial charge in [0.15, 0.2) is 18.2 Å². The van der Waals surface area contributed by atoms with Gasteiger partial charge in [0, 0.05) is 17.5 Å². The minimum Gasteiger partial charge on any atom is -0.497 e. The van der Waals surface area contributed by atoms with E-state index in [2.05, 4.69) is 17.2 Å². The molecule has 1 aromatic carbocycles. The molecule has 140 valence electrons. The monoisotopic (exact) mass is 365 g/mol. The van der Waals surface area contributed by atoms with Gasteiger partial charge in [-0.05, 0) is 55.0 Å². The van der Waals surface area contributed by atoms with E-state index in [0.717, 1.165) is 30.7 Å². The summed E-state index contributed by atoms with van der Waals surface area (Å²) in [6.07, 6.45) is 6.91. The van der Waals surface area contributed by atoms with Gasteiger partial charge in [-0.15, -0.1) is 0 Å². The van der Waals surface area contributed by atoms with Crippen LogP contribution >= 0.6 is 0 Å². The summed E-state index contributed by atoms with van der Waals surface area (Å²) in [5.41, 5.74) is 4.81. The Bertz CT molecular complexity index is 961. The maximum absolute atomic E-state index is 5.70. The summed E-state index contributed by atoms with van der Waals surface area (Å²) in [7, 11) is 1.68. The van der Waals surface area contributed by atoms with Crippen molar-refractivity contribution in [2.45, 2.75) is 45.3 Å². The summed E-state index contributed by atoms with van der Waals surface area (Å²) in [6.45, 7) is 2.64. The molecule has 1 aliphatic heterocycles. The first-order valence-corrected chi connectivity index (χ1v) is 9.47. The molecule has 3 heterocycles. The summed E-state index contributed by atoms with van der Waals surface area (Å²) in [6, 6.07) is 8.08. The number of benzene rings is 1. The summed E-state index contributed by atoms with van der Waals surface area (Å²) in [4.78, 5) is 4.73. The molecule has 0 N–H and O–H groups in total. The molecule has 2 aromatic heterocycles. The van der Waals surface area contributed by atoms with E-state index in [0.29, 0.717) is 12.5 Å². The molecule has 0 radical (unpaired) electrons. The molecule has 0 saturated carbocycles. The first kappa shape index (κ1) is 16.7. The molecular weight excluding hydrogens is 342 g/mol. The smallest absolute Gasteiger partial charge is 0.166 e. The van der Waals surface area contributed by atoms with Gasteiger partial charge in [0.2, 0.25) is 0 Å². The molecule has 1 unspecified atom stereocenters. The number of aromatic nitrogens is 3. The van der Waals surface area contributed by atoms with Crippen LogP contribution in [-0.2, 0) is 28.9 Å². The highest BCUT2D eigenvalue weighted by Gasteiger charge is 2.36. The zero-order valence-corrected chi connectivity index (χ0v) is 15.6. The van der Waals surface area contributed by atoms with Crippen LogP contribution in [0, 0.1) is 5.92 Å². The van der Waals surface area contributed by atoms with Gasteiger partial charge >= 0.3 is 0 Å².